The van der Waals surface area contributed by atoms with Crippen molar-refractivity contribution in [2.45, 2.75) is 32.2 Å². The average Bonchev–Trinajstić information content (AvgIpc) is 3.29. The number of ether oxygens (including phenoxy) is 1. The Morgan fingerprint density at radius 1 is 1.30 bits per heavy atom. The van der Waals surface area contributed by atoms with Gasteiger partial charge in [0.25, 0.3) is 0 Å². The summed E-state index contributed by atoms with van der Waals surface area (Å²) in [5.41, 5.74) is 2.22. The SMILES string of the molecule is Cc1ccc(C)c(OCc2nnc(SCC(=O)NCc3ccco3)n2C)c1. The Bertz CT molecular complexity index is 906. The van der Waals surface area contributed by atoms with Crippen LogP contribution in [0.25, 0.3) is 0 Å². The minimum atomic E-state index is -0.0902. The Labute approximate surface area is 162 Å². The van der Waals surface area contributed by atoms with Gasteiger partial charge in [0.1, 0.15) is 18.1 Å². The summed E-state index contributed by atoms with van der Waals surface area (Å²) in [6.07, 6.45) is 1.58. The number of benzene rings is 1. The van der Waals surface area contributed by atoms with Gasteiger partial charge in [0.15, 0.2) is 11.0 Å². The topological polar surface area (TPSA) is 82.2 Å². The number of furan rings is 1. The van der Waals surface area contributed by atoms with Crippen LogP contribution >= 0.6 is 11.8 Å². The molecule has 2 aromatic heterocycles. The second-order valence-electron chi connectivity index (χ2n) is 6.16. The Morgan fingerprint density at radius 3 is 2.93 bits per heavy atom. The summed E-state index contributed by atoms with van der Waals surface area (Å²) in [5.74, 6) is 2.43. The van der Waals surface area contributed by atoms with Crippen LogP contribution in [0.4, 0.5) is 0 Å². The van der Waals surface area contributed by atoms with Crippen LogP contribution in [-0.2, 0) is 25.0 Å². The molecular weight excluding hydrogens is 364 g/mol. The zero-order valence-corrected chi connectivity index (χ0v) is 16.4. The second-order valence-corrected chi connectivity index (χ2v) is 7.10. The fraction of sp³-hybridized carbons (Fsp3) is 0.316. The predicted molar refractivity (Wildman–Crippen MR) is 103 cm³/mol. The number of carbonyl (C=O) groups is 1. The third-order valence-electron chi connectivity index (χ3n) is 4.00. The highest BCUT2D eigenvalue weighted by Gasteiger charge is 2.12. The van der Waals surface area contributed by atoms with Crippen molar-refractivity contribution in [3.8, 4) is 5.75 Å². The summed E-state index contributed by atoms with van der Waals surface area (Å²) in [4.78, 5) is 12.0. The number of amides is 1. The molecule has 2 heterocycles. The minimum absolute atomic E-state index is 0.0902. The molecule has 8 heteroatoms. The molecule has 0 spiro atoms. The molecule has 0 saturated heterocycles. The van der Waals surface area contributed by atoms with Crippen molar-refractivity contribution in [1.29, 1.82) is 0 Å². The molecule has 3 aromatic rings. The predicted octanol–water partition coefficient (Wildman–Crippen LogP) is 3.01. The Balaban J connectivity index is 1.50. The molecule has 1 N–H and O–H groups in total. The third kappa shape index (κ3) is 5.13. The molecule has 0 saturated carbocycles. The van der Waals surface area contributed by atoms with E-state index in [-0.39, 0.29) is 11.7 Å². The second kappa shape index (κ2) is 8.77. The smallest absolute Gasteiger partial charge is 0.230 e. The van der Waals surface area contributed by atoms with E-state index in [2.05, 4.69) is 21.6 Å². The van der Waals surface area contributed by atoms with E-state index >= 15 is 0 Å². The highest BCUT2D eigenvalue weighted by molar-refractivity contribution is 7.99. The monoisotopic (exact) mass is 386 g/mol. The number of rotatable bonds is 8. The van der Waals surface area contributed by atoms with Crippen molar-refractivity contribution in [2.75, 3.05) is 5.75 Å². The molecule has 0 aliphatic rings. The molecule has 0 unspecified atom stereocenters. The van der Waals surface area contributed by atoms with E-state index in [1.165, 1.54) is 11.8 Å². The maximum absolute atomic E-state index is 12.0. The van der Waals surface area contributed by atoms with E-state index in [0.29, 0.717) is 24.1 Å². The Morgan fingerprint density at radius 2 is 2.15 bits per heavy atom. The van der Waals surface area contributed by atoms with Crippen molar-refractivity contribution >= 4 is 17.7 Å². The summed E-state index contributed by atoms with van der Waals surface area (Å²) in [5, 5.41) is 11.8. The first-order chi connectivity index (χ1) is 13.0. The van der Waals surface area contributed by atoms with Crippen LogP contribution in [0.3, 0.4) is 0 Å². The Hall–Kier alpha value is -2.74. The van der Waals surface area contributed by atoms with Crippen LogP contribution in [-0.4, -0.2) is 26.4 Å². The number of aryl methyl sites for hydroxylation is 2. The number of nitrogens with one attached hydrogen (secondary N) is 1. The number of hydrogen-bond donors (Lipinski definition) is 1. The molecular formula is C19H22N4O3S. The molecule has 0 bridgehead atoms. The van der Waals surface area contributed by atoms with Gasteiger partial charge in [-0.3, -0.25) is 4.79 Å². The minimum Gasteiger partial charge on any atom is -0.485 e. The first-order valence-corrected chi connectivity index (χ1v) is 9.51. The van der Waals surface area contributed by atoms with E-state index in [1.807, 2.05) is 43.7 Å². The summed E-state index contributed by atoms with van der Waals surface area (Å²) in [7, 11) is 1.87. The zero-order chi connectivity index (χ0) is 19.2. The fourth-order valence-electron chi connectivity index (χ4n) is 2.38. The van der Waals surface area contributed by atoms with Crippen molar-refractivity contribution < 1.29 is 13.9 Å². The first kappa shape index (κ1) is 19.0. The lowest BCUT2D eigenvalue weighted by molar-refractivity contribution is -0.118. The summed E-state index contributed by atoms with van der Waals surface area (Å²) in [6, 6.07) is 9.70. The maximum Gasteiger partial charge on any atom is 0.230 e. The van der Waals surface area contributed by atoms with Gasteiger partial charge in [-0.25, -0.2) is 0 Å². The molecule has 0 atom stereocenters. The molecule has 1 aromatic carbocycles. The van der Waals surface area contributed by atoms with Crippen molar-refractivity contribution in [2.24, 2.45) is 7.05 Å². The molecule has 0 fully saturated rings. The van der Waals surface area contributed by atoms with Gasteiger partial charge in [0, 0.05) is 7.05 Å². The van der Waals surface area contributed by atoms with Crippen LogP contribution in [0, 0.1) is 13.8 Å². The lowest BCUT2D eigenvalue weighted by atomic mass is 10.1. The van der Waals surface area contributed by atoms with Crippen LogP contribution in [0.1, 0.15) is 22.7 Å². The number of thioether (sulfide) groups is 1. The number of hydrogen-bond acceptors (Lipinski definition) is 6. The quantitative estimate of drug-likeness (QED) is 0.599. The third-order valence-corrected chi connectivity index (χ3v) is 5.02. The lowest BCUT2D eigenvalue weighted by Gasteiger charge is -2.10. The van der Waals surface area contributed by atoms with Crippen LogP contribution in [0.2, 0.25) is 0 Å². The first-order valence-electron chi connectivity index (χ1n) is 8.53. The van der Waals surface area contributed by atoms with Gasteiger partial charge in [-0.2, -0.15) is 0 Å². The van der Waals surface area contributed by atoms with E-state index in [0.717, 1.165) is 22.6 Å². The van der Waals surface area contributed by atoms with Gasteiger partial charge >= 0.3 is 0 Å². The van der Waals surface area contributed by atoms with Gasteiger partial charge in [0.2, 0.25) is 5.91 Å². The molecule has 0 aliphatic carbocycles. The molecule has 27 heavy (non-hydrogen) atoms. The van der Waals surface area contributed by atoms with E-state index < -0.39 is 0 Å². The molecule has 3 rings (SSSR count). The molecule has 0 radical (unpaired) electrons. The van der Waals surface area contributed by atoms with Crippen molar-refractivity contribution in [3.63, 3.8) is 0 Å². The van der Waals surface area contributed by atoms with E-state index in [1.54, 1.807) is 12.3 Å². The highest BCUT2D eigenvalue weighted by atomic mass is 32.2. The summed E-state index contributed by atoms with van der Waals surface area (Å²) < 4.78 is 12.9. The van der Waals surface area contributed by atoms with Crippen LogP contribution in [0.5, 0.6) is 5.75 Å². The van der Waals surface area contributed by atoms with E-state index in [9.17, 15) is 4.79 Å². The van der Waals surface area contributed by atoms with Gasteiger partial charge in [-0.15, -0.1) is 10.2 Å². The average molecular weight is 386 g/mol. The van der Waals surface area contributed by atoms with Gasteiger partial charge in [0.05, 0.1) is 18.6 Å². The van der Waals surface area contributed by atoms with E-state index in [4.69, 9.17) is 9.15 Å². The number of aromatic nitrogens is 3. The van der Waals surface area contributed by atoms with Crippen molar-refractivity contribution in [3.05, 3.63) is 59.3 Å². The fourth-order valence-corrected chi connectivity index (χ4v) is 3.14. The summed E-state index contributed by atoms with van der Waals surface area (Å²) in [6.45, 7) is 4.73. The van der Waals surface area contributed by atoms with Gasteiger partial charge in [-0.1, -0.05) is 23.9 Å². The molecule has 0 aliphatic heterocycles. The molecule has 142 valence electrons. The molecule has 1 amide bonds. The van der Waals surface area contributed by atoms with Gasteiger partial charge in [-0.05, 0) is 43.2 Å². The van der Waals surface area contributed by atoms with Gasteiger partial charge < -0.3 is 19.0 Å². The molecule has 7 nitrogen and oxygen atoms in total. The van der Waals surface area contributed by atoms with Crippen LogP contribution in [0.15, 0.2) is 46.2 Å². The highest BCUT2D eigenvalue weighted by Crippen LogP contribution is 2.21. The van der Waals surface area contributed by atoms with Crippen molar-refractivity contribution in [1.82, 2.24) is 20.1 Å². The summed E-state index contributed by atoms with van der Waals surface area (Å²) >= 11 is 1.33. The largest absolute Gasteiger partial charge is 0.485 e. The normalized spacial score (nSPS) is 10.8. The lowest BCUT2D eigenvalue weighted by Crippen LogP contribution is -2.24. The maximum atomic E-state index is 12.0. The number of nitrogens with zero attached hydrogens (tertiary/aromatic N) is 3. The number of carbonyl (C=O) groups excluding carboxylic acids is 1. The zero-order valence-electron chi connectivity index (χ0n) is 15.6. The Kier molecular flexibility index (Phi) is 6.18. The standard InChI is InChI=1S/C19H22N4O3S/c1-13-6-7-14(2)16(9-13)26-11-17-21-22-19(23(17)3)27-12-18(24)20-10-15-5-4-8-25-15/h4-9H,10-12H2,1-3H3,(H,20,24). The van der Waals surface area contributed by atoms with Crippen LogP contribution < -0.4 is 10.1 Å².